The Bertz CT molecular complexity index is 295. The van der Waals surface area contributed by atoms with Crippen LogP contribution in [0.3, 0.4) is 0 Å². The molecule has 6 heteroatoms. The van der Waals surface area contributed by atoms with Gasteiger partial charge in [0, 0.05) is 20.1 Å². The molecule has 1 aromatic rings. The number of carbonyl (C=O) groups excluding carboxylic acids is 1. The Morgan fingerprint density at radius 2 is 2.38 bits per heavy atom. The maximum absolute atomic E-state index is 11.5. The zero-order valence-corrected chi connectivity index (χ0v) is 7.74. The van der Waals surface area contributed by atoms with Crippen molar-refractivity contribution in [2.24, 2.45) is 5.73 Å². The number of rotatable bonds is 3. The van der Waals surface area contributed by atoms with E-state index in [0.717, 1.165) is 0 Å². The van der Waals surface area contributed by atoms with Crippen molar-refractivity contribution in [3.8, 4) is 0 Å². The highest BCUT2D eigenvalue weighted by molar-refractivity contribution is 5.90. The monoisotopic (exact) mass is 183 g/mol. The molecule has 0 bridgehead atoms. The predicted octanol–water partition coefficient (Wildman–Crippen LogP) is -0.856. The van der Waals surface area contributed by atoms with E-state index in [1.165, 1.54) is 4.90 Å². The number of nitrogens with zero attached hydrogens (tertiary/aromatic N) is 3. The van der Waals surface area contributed by atoms with Gasteiger partial charge < -0.3 is 10.6 Å². The highest BCUT2D eigenvalue weighted by atomic mass is 16.2. The molecule has 1 rings (SSSR count). The van der Waals surface area contributed by atoms with E-state index in [1.807, 2.05) is 0 Å². The van der Waals surface area contributed by atoms with Gasteiger partial charge in [0.25, 0.3) is 5.91 Å². The van der Waals surface area contributed by atoms with E-state index in [-0.39, 0.29) is 11.7 Å². The van der Waals surface area contributed by atoms with E-state index in [0.29, 0.717) is 18.9 Å². The summed E-state index contributed by atoms with van der Waals surface area (Å²) in [4.78, 5) is 16.9. The Hall–Kier alpha value is -1.43. The van der Waals surface area contributed by atoms with Gasteiger partial charge in [0.05, 0.1) is 0 Å². The lowest BCUT2D eigenvalue weighted by atomic mass is 10.4. The van der Waals surface area contributed by atoms with Crippen LogP contribution in [0.1, 0.15) is 16.4 Å². The Labute approximate surface area is 76.1 Å². The molecule has 6 nitrogen and oxygen atoms in total. The third-order valence-corrected chi connectivity index (χ3v) is 1.60. The number of aromatic amines is 1. The number of hydrogen-bond acceptors (Lipinski definition) is 4. The van der Waals surface area contributed by atoms with Gasteiger partial charge in [-0.2, -0.15) is 0 Å². The molecule has 0 radical (unpaired) electrons. The summed E-state index contributed by atoms with van der Waals surface area (Å²) in [6.07, 6.45) is 0. The minimum absolute atomic E-state index is 0.188. The molecule has 13 heavy (non-hydrogen) atoms. The summed E-state index contributed by atoms with van der Waals surface area (Å²) in [6, 6.07) is 0. The van der Waals surface area contributed by atoms with Crippen LogP contribution in [-0.4, -0.2) is 46.1 Å². The molecule has 0 saturated carbocycles. The zero-order valence-electron chi connectivity index (χ0n) is 7.74. The number of nitrogens with one attached hydrogen (secondary N) is 1. The fourth-order valence-electron chi connectivity index (χ4n) is 0.904. The smallest absolute Gasteiger partial charge is 0.293 e. The van der Waals surface area contributed by atoms with Crippen LogP contribution in [-0.2, 0) is 0 Å². The molecule has 0 spiro atoms. The van der Waals surface area contributed by atoms with Gasteiger partial charge in [0.1, 0.15) is 5.82 Å². The van der Waals surface area contributed by atoms with E-state index in [9.17, 15) is 4.79 Å². The SMILES string of the molecule is Cc1nc(C(=O)N(C)CCN)n[nH]1. The van der Waals surface area contributed by atoms with Gasteiger partial charge in [0.15, 0.2) is 0 Å². The van der Waals surface area contributed by atoms with E-state index < -0.39 is 0 Å². The first-order chi connectivity index (χ1) is 6.15. The number of carbonyl (C=O) groups is 1. The molecule has 0 aromatic carbocycles. The third-order valence-electron chi connectivity index (χ3n) is 1.60. The van der Waals surface area contributed by atoms with E-state index >= 15 is 0 Å². The second kappa shape index (κ2) is 3.99. The summed E-state index contributed by atoms with van der Waals surface area (Å²) in [7, 11) is 1.67. The number of nitrogens with two attached hydrogens (primary N) is 1. The lowest BCUT2D eigenvalue weighted by Crippen LogP contribution is -2.32. The molecule has 0 unspecified atom stereocenters. The maximum atomic E-state index is 11.5. The van der Waals surface area contributed by atoms with Crippen LogP contribution in [0.4, 0.5) is 0 Å². The van der Waals surface area contributed by atoms with Gasteiger partial charge in [-0.05, 0) is 6.92 Å². The largest absolute Gasteiger partial charge is 0.338 e. The molecule has 0 saturated heterocycles. The summed E-state index contributed by atoms with van der Waals surface area (Å²) in [6.45, 7) is 2.69. The zero-order chi connectivity index (χ0) is 9.84. The molecule has 3 N–H and O–H groups in total. The van der Waals surface area contributed by atoms with Crippen molar-refractivity contribution in [3.63, 3.8) is 0 Å². The molecule has 1 aromatic heterocycles. The lowest BCUT2D eigenvalue weighted by Gasteiger charge is -2.12. The van der Waals surface area contributed by atoms with Crippen LogP contribution in [0.2, 0.25) is 0 Å². The molecular formula is C7H13N5O. The molecule has 0 aliphatic carbocycles. The summed E-state index contributed by atoms with van der Waals surface area (Å²) in [5.41, 5.74) is 5.31. The van der Waals surface area contributed by atoms with Crippen molar-refractivity contribution >= 4 is 5.91 Å². The summed E-state index contributed by atoms with van der Waals surface area (Å²) < 4.78 is 0. The highest BCUT2D eigenvalue weighted by Gasteiger charge is 2.14. The van der Waals surface area contributed by atoms with Gasteiger partial charge in [-0.1, -0.05) is 0 Å². The summed E-state index contributed by atoms with van der Waals surface area (Å²) in [5, 5.41) is 6.36. The Morgan fingerprint density at radius 1 is 1.69 bits per heavy atom. The van der Waals surface area contributed by atoms with E-state index in [2.05, 4.69) is 15.2 Å². The Kier molecular flexibility index (Phi) is 2.97. The summed E-state index contributed by atoms with van der Waals surface area (Å²) >= 11 is 0. The van der Waals surface area contributed by atoms with Gasteiger partial charge in [-0.3, -0.25) is 9.89 Å². The van der Waals surface area contributed by atoms with Crippen LogP contribution in [0.15, 0.2) is 0 Å². The first-order valence-electron chi connectivity index (χ1n) is 3.99. The number of amides is 1. The third kappa shape index (κ3) is 2.25. The summed E-state index contributed by atoms with van der Waals surface area (Å²) in [5.74, 6) is 0.604. The molecule has 0 atom stereocenters. The van der Waals surface area contributed by atoms with Gasteiger partial charge in [-0.25, -0.2) is 4.98 Å². The number of H-pyrrole nitrogens is 1. The average molecular weight is 183 g/mol. The van der Waals surface area contributed by atoms with Gasteiger partial charge >= 0.3 is 0 Å². The predicted molar refractivity (Wildman–Crippen MR) is 47.1 cm³/mol. The molecule has 1 amide bonds. The van der Waals surface area contributed by atoms with Crippen molar-refractivity contribution < 1.29 is 4.79 Å². The fourth-order valence-corrected chi connectivity index (χ4v) is 0.904. The van der Waals surface area contributed by atoms with Crippen LogP contribution in [0, 0.1) is 6.92 Å². The van der Waals surface area contributed by atoms with Crippen LogP contribution < -0.4 is 5.73 Å². The average Bonchev–Trinajstić information content (AvgIpc) is 2.51. The highest BCUT2D eigenvalue weighted by Crippen LogP contribution is 1.95. The normalized spacial score (nSPS) is 10.1. The fraction of sp³-hybridized carbons (Fsp3) is 0.571. The maximum Gasteiger partial charge on any atom is 0.293 e. The number of aryl methyl sites for hydroxylation is 1. The first-order valence-corrected chi connectivity index (χ1v) is 3.99. The van der Waals surface area contributed by atoms with Crippen molar-refractivity contribution in [1.82, 2.24) is 20.1 Å². The second-order valence-electron chi connectivity index (χ2n) is 2.76. The number of likely N-dealkylation sites (N-methyl/N-ethyl adjacent to an activating group) is 1. The van der Waals surface area contributed by atoms with E-state index in [4.69, 9.17) is 5.73 Å². The van der Waals surface area contributed by atoms with Crippen molar-refractivity contribution in [1.29, 1.82) is 0 Å². The molecule has 1 heterocycles. The van der Waals surface area contributed by atoms with Crippen LogP contribution >= 0.6 is 0 Å². The van der Waals surface area contributed by atoms with Gasteiger partial charge in [-0.15, -0.1) is 5.10 Å². The first kappa shape index (κ1) is 9.66. The quantitative estimate of drug-likeness (QED) is 0.638. The van der Waals surface area contributed by atoms with Crippen LogP contribution in [0.5, 0.6) is 0 Å². The molecule has 0 aliphatic rings. The lowest BCUT2D eigenvalue weighted by molar-refractivity contribution is 0.0787. The minimum atomic E-state index is -0.213. The molecular weight excluding hydrogens is 170 g/mol. The van der Waals surface area contributed by atoms with Crippen molar-refractivity contribution in [3.05, 3.63) is 11.6 Å². The van der Waals surface area contributed by atoms with E-state index in [1.54, 1.807) is 14.0 Å². The van der Waals surface area contributed by atoms with Crippen molar-refractivity contribution in [2.45, 2.75) is 6.92 Å². The van der Waals surface area contributed by atoms with Crippen molar-refractivity contribution in [2.75, 3.05) is 20.1 Å². The van der Waals surface area contributed by atoms with Gasteiger partial charge in [0.2, 0.25) is 5.82 Å². The minimum Gasteiger partial charge on any atom is -0.338 e. The number of aromatic nitrogens is 3. The molecule has 72 valence electrons. The number of hydrogen-bond donors (Lipinski definition) is 2. The standard InChI is InChI=1S/C7H13N5O/c1-5-9-6(11-10-5)7(13)12(2)4-3-8/h3-4,8H2,1-2H3,(H,9,10,11). The Morgan fingerprint density at radius 3 is 2.85 bits per heavy atom. The van der Waals surface area contributed by atoms with Crippen LogP contribution in [0.25, 0.3) is 0 Å². The molecule has 0 aliphatic heterocycles. The second-order valence-corrected chi connectivity index (χ2v) is 2.76. The topological polar surface area (TPSA) is 87.9 Å². The molecule has 0 fully saturated rings. The Balaban J connectivity index is 2.67.